The molecule has 0 saturated carbocycles. The number of hydrogen-bond acceptors (Lipinski definition) is 4. The molecule has 0 aromatic heterocycles. The second kappa shape index (κ2) is 9.79. The summed E-state index contributed by atoms with van der Waals surface area (Å²) in [6.45, 7) is 0. The molecular weight excluding hydrogens is 434 g/mol. The van der Waals surface area contributed by atoms with Crippen LogP contribution in [-0.2, 0) is 4.79 Å². The minimum atomic E-state index is -0.467. The highest BCUT2D eigenvalue weighted by atomic mass is 79.9. The van der Waals surface area contributed by atoms with E-state index in [4.69, 9.17) is 0 Å². The average Bonchev–Trinajstić information content (AvgIpc) is 2.71. The molecule has 0 aliphatic rings. The van der Waals surface area contributed by atoms with Crippen molar-refractivity contribution in [3.8, 4) is 6.07 Å². The number of hydrogen-bond donors (Lipinski definition) is 2. The van der Waals surface area contributed by atoms with Gasteiger partial charge < -0.3 is 10.6 Å². The molecule has 3 rings (SSSR count). The lowest BCUT2D eigenvalue weighted by Gasteiger charge is -2.10. The van der Waals surface area contributed by atoms with Crippen molar-refractivity contribution in [3.05, 3.63) is 95.1 Å². The van der Waals surface area contributed by atoms with E-state index in [0.717, 1.165) is 20.0 Å². The van der Waals surface area contributed by atoms with Gasteiger partial charge in [-0.15, -0.1) is 0 Å². The quantitative estimate of drug-likeness (QED) is 0.354. The summed E-state index contributed by atoms with van der Waals surface area (Å²) in [6.07, 6.45) is 1.41. The molecule has 0 atom stereocenters. The standard InChI is InChI=1S/C22H16BrN3OS/c23-17-7-6-8-18(13-17)25-15-16(14-24)22(27)26-20-11-4-5-12-21(20)28-19-9-2-1-3-10-19/h1-13,15,25H,(H,26,27)/b16-15-. The van der Waals surface area contributed by atoms with E-state index in [0.29, 0.717) is 5.69 Å². The summed E-state index contributed by atoms with van der Waals surface area (Å²) in [5.41, 5.74) is 1.42. The van der Waals surface area contributed by atoms with Crippen molar-refractivity contribution in [2.75, 3.05) is 10.6 Å². The Bertz CT molecular complexity index is 1040. The zero-order chi connectivity index (χ0) is 19.8. The summed E-state index contributed by atoms with van der Waals surface area (Å²) in [7, 11) is 0. The van der Waals surface area contributed by atoms with Crippen LogP contribution in [-0.4, -0.2) is 5.91 Å². The van der Waals surface area contributed by atoms with Crippen LogP contribution in [0.25, 0.3) is 0 Å². The van der Waals surface area contributed by atoms with Crippen LogP contribution in [0.1, 0.15) is 0 Å². The lowest BCUT2D eigenvalue weighted by molar-refractivity contribution is -0.112. The van der Waals surface area contributed by atoms with Gasteiger partial charge in [-0.3, -0.25) is 4.79 Å². The zero-order valence-electron chi connectivity index (χ0n) is 14.7. The Morgan fingerprint density at radius 3 is 2.50 bits per heavy atom. The van der Waals surface area contributed by atoms with Crippen LogP contribution in [0.2, 0.25) is 0 Å². The summed E-state index contributed by atoms with van der Waals surface area (Å²) >= 11 is 4.94. The van der Waals surface area contributed by atoms with Gasteiger partial charge in [-0.05, 0) is 42.5 Å². The van der Waals surface area contributed by atoms with Gasteiger partial charge in [-0.1, -0.05) is 64.1 Å². The molecule has 3 aromatic rings. The topological polar surface area (TPSA) is 64.9 Å². The number of amides is 1. The molecule has 0 aliphatic carbocycles. The molecule has 4 nitrogen and oxygen atoms in total. The highest BCUT2D eigenvalue weighted by Gasteiger charge is 2.12. The Hall–Kier alpha value is -3.01. The Balaban J connectivity index is 1.74. The lowest BCUT2D eigenvalue weighted by Crippen LogP contribution is -2.15. The number of benzene rings is 3. The smallest absolute Gasteiger partial charge is 0.267 e. The molecule has 6 heteroatoms. The van der Waals surface area contributed by atoms with Gasteiger partial charge in [0, 0.05) is 26.2 Å². The molecular formula is C22H16BrN3OS. The molecule has 0 aliphatic heterocycles. The Kier molecular flexibility index (Phi) is 6.90. The zero-order valence-corrected chi connectivity index (χ0v) is 17.1. The second-order valence-electron chi connectivity index (χ2n) is 5.69. The molecule has 0 spiro atoms. The number of carbonyl (C=O) groups is 1. The highest BCUT2D eigenvalue weighted by molar-refractivity contribution is 9.10. The largest absolute Gasteiger partial charge is 0.360 e. The van der Waals surface area contributed by atoms with Gasteiger partial charge in [0.1, 0.15) is 11.6 Å². The molecule has 0 heterocycles. The fraction of sp³-hybridized carbons (Fsp3) is 0. The summed E-state index contributed by atoms with van der Waals surface area (Å²) in [5.74, 6) is -0.467. The van der Waals surface area contributed by atoms with Crippen molar-refractivity contribution in [2.24, 2.45) is 0 Å². The van der Waals surface area contributed by atoms with Gasteiger partial charge in [-0.2, -0.15) is 5.26 Å². The number of para-hydroxylation sites is 1. The number of nitriles is 1. The van der Waals surface area contributed by atoms with Crippen molar-refractivity contribution in [1.82, 2.24) is 0 Å². The number of carbonyl (C=O) groups excluding carboxylic acids is 1. The maximum atomic E-state index is 12.6. The van der Waals surface area contributed by atoms with E-state index in [1.807, 2.05) is 84.9 Å². The van der Waals surface area contributed by atoms with E-state index < -0.39 is 5.91 Å². The first kappa shape index (κ1) is 19.7. The SMILES string of the molecule is N#C/C(=C/Nc1cccc(Br)c1)C(=O)Nc1ccccc1Sc1ccccc1. The summed E-state index contributed by atoms with van der Waals surface area (Å²) in [5, 5.41) is 15.2. The molecule has 0 saturated heterocycles. The Morgan fingerprint density at radius 2 is 1.75 bits per heavy atom. The van der Waals surface area contributed by atoms with E-state index in [2.05, 4.69) is 26.6 Å². The van der Waals surface area contributed by atoms with Gasteiger partial charge >= 0.3 is 0 Å². The minimum absolute atomic E-state index is 0.0144. The molecule has 0 fully saturated rings. The number of nitrogens with one attached hydrogen (secondary N) is 2. The van der Waals surface area contributed by atoms with Crippen molar-refractivity contribution >= 4 is 45.0 Å². The van der Waals surface area contributed by atoms with Crippen molar-refractivity contribution in [1.29, 1.82) is 5.26 Å². The van der Waals surface area contributed by atoms with E-state index in [1.165, 1.54) is 6.20 Å². The fourth-order valence-corrected chi connectivity index (χ4v) is 3.67. The van der Waals surface area contributed by atoms with Crippen LogP contribution in [0.15, 0.2) is 105 Å². The fourth-order valence-electron chi connectivity index (χ4n) is 2.35. The van der Waals surface area contributed by atoms with Gasteiger partial charge in [0.2, 0.25) is 0 Å². The summed E-state index contributed by atoms with van der Waals surface area (Å²) < 4.78 is 0.903. The number of nitrogens with zero attached hydrogens (tertiary/aromatic N) is 1. The third kappa shape index (κ3) is 5.49. The van der Waals surface area contributed by atoms with Crippen molar-refractivity contribution in [2.45, 2.75) is 9.79 Å². The normalized spacial score (nSPS) is 10.8. The first-order valence-electron chi connectivity index (χ1n) is 8.41. The molecule has 28 heavy (non-hydrogen) atoms. The van der Waals surface area contributed by atoms with E-state index in [1.54, 1.807) is 11.8 Å². The molecule has 0 bridgehead atoms. The highest BCUT2D eigenvalue weighted by Crippen LogP contribution is 2.33. The van der Waals surface area contributed by atoms with Crippen LogP contribution in [0, 0.1) is 11.3 Å². The Morgan fingerprint density at radius 1 is 1.00 bits per heavy atom. The minimum Gasteiger partial charge on any atom is -0.360 e. The van der Waals surface area contributed by atoms with Gasteiger partial charge in [-0.25, -0.2) is 0 Å². The van der Waals surface area contributed by atoms with Crippen molar-refractivity contribution < 1.29 is 4.79 Å². The molecule has 0 radical (unpaired) electrons. The predicted octanol–water partition coefficient (Wildman–Crippen LogP) is 6.06. The predicted molar refractivity (Wildman–Crippen MR) is 117 cm³/mol. The summed E-state index contributed by atoms with van der Waals surface area (Å²) in [6, 6.07) is 26.8. The monoisotopic (exact) mass is 449 g/mol. The number of anilines is 2. The average molecular weight is 450 g/mol. The van der Waals surface area contributed by atoms with Gasteiger partial charge in [0.05, 0.1) is 5.69 Å². The van der Waals surface area contributed by atoms with Gasteiger partial charge in [0.25, 0.3) is 5.91 Å². The molecule has 138 valence electrons. The third-order valence-electron chi connectivity index (χ3n) is 3.68. The maximum absolute atomic E-state index is 12.6. The van der Waals surface area contributed by atoms with Crippen LogP contribution in [0.3, 0.4) is 0 Å². The first-order chi connectivity index (χ1) is 13.7. The van der Waals surface area contributed by atoms with E-state index in [9.17, 15) is 10.1 Å². The van der Waals surface area contributed by atoms with Crippen molar-refractivity contribution in [3.63, 3.8) is 0 Å². The first-order valence-corrected chi connectivity index (χ1v) is 10.0. The van der Waals surface area contributed by atoms with Crippen LogP contribution in [0.4, 0.5) is 11.4 Å². The van der Waals surface area contributed by atoms with Crippen LogP contribution < -0.4 is 10.6 Å². The lowest BCUT2D eigenvalue weighted by atomic mass is 10.2. The van der Waals surface area contributed by atoms with Gasteiger partial charge in [0.15, 0.2) is 0 Å². The maximum Gasteiger partial charge on any atom is 0.267 e. The number of halogens is 1. The van der Waals surface area contributed by atoms with E-state index in [-0.39, 0.29) is 5.57 Å². The third-order valence-corrected chi connectivity index (χ3v) is 5.26. The van der Waals surface area contributed by atoms with Crippen LogP contribution >= 0.6 is 27.7 Å². The molecule has 0 unspecified atom stereocenters. The molecule has 3 aromatic carbocycles. The second-order valence-corrected chi connectivity index (χ2v) is 7.72. The number of rotatable bonds is 6. The summed E-state index contributed by atoms with van der Waals surface area (Å²) in [4.78, 5) is 14.5. The van der Waals surface area contributed by atoms with E-state index >= 15 is 0 Å². The van der Waals surface area contributed by atoms with Crippen LogP contribution in [0.5, 0.6) is 0 Å². The molecule has 1 amide bonds. The Labute approximate surface area is 176 Å². The molecule has 2 N–H and O–H groups in total.